The number of nitrogens with one attached hydrogen (secondary N) is 1. The Morgan fingerprint density at radius 2 is 1.75 bits per heavy atom. The molecule has 0 radical (unpaired) electrons. The van der Waals surface area contributed by atoms with E-state index in [0.717, 1.165) is 37.0 Å². The normalized spacial score (nSPS) is 10.7. The summed E-state index contributed by atoms with van der Waals surface area (Å²) in [6, 6.07) is 15.3. The largest absolute Gasteiger partial charge is 0.457 e. The molecule has 0 bridgehead atoms. The number of ether oxygens (including phenoxy) is 1. The van der Waals surface area contributed by atoms with Crippen LogP contribution < -0.4 is 10.1 Å². The van der Waals surface area contributed by atoms with Gasteiger partial charge in [0.05, 0.1) is 11.1 Å². The highest BCUT2D eigenvalue weighted by atomic mass is 32.1. The fraction of sp³-hybridized carbons (Fsp3) is 0.120. The lowest BCUT2D eigenvalue weighted by molar-refractivity contribution is 0.0964. The van der Waals surface area contributed by atoms with Crippen molar-refractivity contribution in [3.8, 4) is 22.9 Å². The van der Waals surface area contributed by atoms with Gasteiger partial charge in [-0.2, -0.15) is 0 Å². The molecule has 160 valence electrons. The third-order valence-electron chi connectivity index (χ3n) is 5.05. The number of benzene rings is 2. The molecule has 0 aliphatic carbocycles. The van der Waals surface area contributed by atoms with Crippen molar-refractivity contribution in [2.75, 3.05) is 7.05 Å². The second-order valence-electron chi connectivity index (χ2n) is 6.99. The van der Waals surface area contributed by atoms with Gasteiger partial charge < -0.3 is 10.1 Å². The molecule has 32 heavy (non-hydrogen) atoms. The van der Waals surface area contributed by atoms with E-state index in [1.54, 1.807) is 43.0 Å². The quantitative estimate of drug-likeness (QED) is 0.369. The monoisotopic (exact) mass is 442 g/mol. The van der Waals surface area contributed by atoms with E-state index in [-0.39, 0.29) is 13.3 Å². The van der Waals surface area contributed by atoms with Crippen LogP contribution in [0.3, 0.4) is 0 Å². The fourth-order valence-corrected chi connectivity index (χ4v) is 4.68. The summed E-state index contributed by atoms with van der Waals surface area (Å²) in [6.45, 7) is 1.96. The van der Waals surface area contributed by atoms with Gasteiger partial charge in [0, 0.05) is 51.6 Å². The average molecular weight is 443 g/mol. The van der Waals surface area contributed by atoms with Crippen molar-refractivity contribution in [1.29, 1.82) is 0 Å². The maximum atomic E-state index is 12.2. The predicted octanol–water partition coefficient (Wildman–Crippen LogP) is 6.00. The standard InChI is InChI=1S/C24H18N4O2S.CH4/c1-14-22(24(29)25-2)18-7-5-16(13-21(18)31-14)30-20-8-11-26-19-12-15(4-6-17(19)20)23-27-9-3-10-28-23;/h3-13H,1-2H3,(H,25,29);1H4. The van der Waals surface area contributed by atoms with Gasteiger partial charge in [-0.25, -0.2) is 9.97 Å². The van der Waals surface area contributed by atoms with Gasteiger partial charge in [0.2, 0.25) is 0 Å². The predicted molar refractivity (Wildman–Crippen MR) is 130 cm³/mol. The molecule has 5 rings (SSSR count). The van der Waals surface area contributed by atoms with Crippen molar-refractivity contribution >= 4 is 38.2 Å². The number of carbonyl (C=O) groups is 1. The Hall–Kier alpha value is -3.84. The number of amides is 1. The topological polar surface area (TPSA) is 77.0 Å². The summed E-state index contributed by atoms with van der Waals surface area (Å²) in [5.41, 5.74) is 2.42. The molecule has 0 saturated carbocycles. The number of hydrogen-bond donors (Lipinski definition) is 1. The van der Waals surface area contributed by atoms with Crippen LogP contribution in [0.2, 0.25) is 0 Å². The summed E-state index contributed by atoms with van der Waals surface area (Å²) < 4.78 is 7.23. The van der Waals surface area contributed by atoms with Gasteiger partial charge in [0.25, 0.3) is 5.91 Å². The van der Waals surface area contributed by atoms with Gasteiger partial charge in [0.1, 0.15) is 11.5 Å². The van der Waals surface area contributed by atoms with Crippen molar-refractivity contribution in [3.63, 3.8) is 0 Å². The summed E-state index contributed by atoms with van der Waals surface area (Å²) >= 11 is 1.58. The summed E-state index contributed by atoms with van der Waals surface area (Å²) in [4.78, 5) is 26.3. The number of aryl methyl sites for hydroxylation is 1. The van der Waals surface area contributed by atoms with E-state index in [2.05, 4.69) is 20.3 Å². The van der Waals surface area contributed by atoms with Crippen LogP contribution in [0.15, 0.2) is 67.1 Å². The second kappa shape index (κ2) is 8.72. The first-order valence-corrected chi connectivity index (χ1v) is 10.5. The molecular formula is C25H22N4O2S. The first kappa shape index (κ1) is 21.4. The number of thiophene rings is 1. The van der Waals surface area contributed by atoms with E-state index in [9.17, 15) is 4.79 Å². The average Bonchev–Trinajstić information content (AvgIpc) is 3.14. The number of rotatable bonds is 4. The van der Waals surface area contributed by atoms with E-state index in [1.165, 1.54) is 0 Å². The summed E-state index contributed by atoms with van der Waals surface area (Å²) in [7, 11) is 1.65. The number of aromatic nitrogens is 3. The van der Waals surface area contributed by atoms with Gasteiger partial charge in [0.15, 0.2) is 5.82 Å². The second-order valence-corrected chi connectivity index (χ2v) is 8.24. The molecule has 7 heteroatoms. The molecule has 6 nitrogen and oxygen atoms in total. The van der Waals surface area contributed by atoms with Crippen LogP contribution in [0.1, 0.15) is 22.7 Å². The summed E-state index contributed by atoms with van der Waals surface area (Å²) in [5, 5.41) is 4.54. The lowest BCUT2D eigenvalue weighted by atomic mass is 10.1. The molecule has 3 heterocycles. The van der Waals surface area contributed by atoms with Crippen molar-refractivity contribution in [1.82, 2.24) is 20.3 Å². The van der Waals surface area contributed by atoms with Crippen LogP contribution in [-0.4, -0.2) is 27.9 Å². The Bertz CT molecular complexity index is 1430. The summed E-state index contributed by atoms with van der Waals surface area (Å²) in [6.07, 6.45) is 5.17. The van der Waals surface area contributed by atoms with Crippen LogP contribution in [0.25, 0.3) is 32.4 Å². The van der Waals surface area contributed by atoms with Crippen LogP contribution in [0.4, 0.5) is 0 Å². The lowest BCUT2D eigenvalue weighted by Crippen LogP contribution is -2.18. The van der Waals surface area contributed by atoms with E-state index in [4.69, 9.17) is 4.74 Å². The molecule has 0 aliphatic rings. The lowest BCUT2D eigenvalue weighted by Gasteiger charge is -2.10. The first-order chi connectivity index (χ1) is 15.1. The molecule has 0 atom stereocenters. The van der Waals surface area contributed by atoms with E-state index < -0.39 is 0 Å². The molecule has 2 aromatic carbocycles. The van der Waals surface area contributed by atoms with Crippen LogP contribution in [0.5, 0.6) is 11.5 Å². The molecule has 0 aliphatic heterocycles. The SMILES string of the molecule is C.CNC(=O)c1c(C)sc2cc(Oc3ccnc4cc(-c5ncccn5)ccc34)ccc12. The van der Waals surface area contributed by atoms with Gasteiger partial charge in [-0.1, -0.05) is 13.5 Å². The smallest absolute Gasteiger partial charge is 0.252 e. The first-order valence-electron chi connectivity index (χ1n) is 9.73. The molecule has 0 spiro atoms. The molecule has 0 fully saturated rings. The zero-order valence-corrected chi connectivity index (χ0v) is 17.7. The van der Waals surface area contributed by atoms with Crippen LogP contribution in [0, 0.1) is 6.92 Å². The number of fused-ring (bicyclic) bond motifs is 2. The van der Waals surface area contributed by atoms with Gasteiger partial charge >= 0.3 is 0 Å². The molecular weight excluding hydrogens is 420 g/mol. The van der Waals surface area contributed by atoms with Crippen molar-refractivity contribution in [2.45, 2.75) is 14.4 Å². The van der Waals surface area contributed by atoms with Crippen LogP contribution in [-0.2, 0) is 0 Å². The third kappa shape index (κ3) is 3.78. The van der Waals surface area contributed by atoms with E-state index in [1.807, 2.05) is 49.4 Å². The highest BCUT2D eigenvalue weighted by molar-refractivity contribution is 7.19. The van der Waals surface area contributed by atoms with E-state index >= 15 is 0 Å². The zero-order chi connectivity index (χ0) is 21.4. The highest BCUT2D eigenvalue weighted by Gasteiger charge is 2.16. The number of pyridine rings is 1. The highest BCUT2D eigenvalue weighted by Crippen LogP contribution is 2.36. The fourth-order valence-electron chi connectivity index (χ4n) is 3.60. The molecule has 0 unspecified atom stereocenters. The Balaban J connectivity index is 0.00000245. The minimum Gasteiger partial charge on any atom is -0.457 e. The molecule has 5 aromatic rings. The van der Waals surface area contributed by atoms with Gasteiger partial charge in [-0.05, 0) is 49.4 Å². The Morgan fingerprint density at radius 1 is 0.969 bits per heavy atom. The Kier molecular flexibility index (Phi) is 5.83. The van der Waals surface area contributed by atoms with Crippen LogP contribution >= 0.6 is 11.3 Å². The van der Waals surface area contributed by atoms with Crippen molar-refractivity contribution in [2.24, 2.45) is 0 Å². The number of hydrogen-bond acceptors (Lipinski definition) is 6. The summed E-state index contributed by atoms with van der Waals surface area (Å²) in [5.74, 6) is 2.00. The minimum absolute atomic E-state index is 0. The Morgan fingerprint density at radius 3 is 2.53 bits per heavy atom. The number of carbonyl (C=O) groups excluding carboxylic acids is 1. The van der Waals surface area contributed by atoms with Gasteiger partial charge in [-0.15, -0.1) is 11.3 Å². The molecule has 0 saturated heterocycles. The van der Waals surface area contributed by atoms with Gasteiger partial charge in [-0.3, -0.25) is 9.78 Å². The Labute approximate surface area is 189 Å². The molecule has 1 N–H and O–H groups in total. The number of nitrogens with zero attached hydrogens (tertiary/aromatic N) is 3. The minimum atomic E-state index is -0.0734. The maximum absolute atomic E-state index is 12.2. The zero-order valence-electron chi connectivity index (χ0n) is 16.9. The maximum Gasteiger partial charge on any atom is 0.252 e. The molecule has 1 amide bonds. The molecule has 3 aromatic heterocycles. The third-order valence-corrected chi connectivity index (χ3v) is 6.11. The van der Waals surface area contributed by atoms with Crippen molar-refractivity contribution in [3.05, 3.63) is 77.6 Å². The van der Waals surface area contributed by atoms with E-state index in [0.29, 0.717) is 17.3 Å². The van der Waals surface area contributed by atoms with Crippen molar-refractivity contribution < 1.29 is 9.53 Å².